The summed E-state index contributed by atoms with van der Waals surface area (Å²) >= 11 is 0. The van der Waals surface area contributed by atoms with Gasteiger partial charge in [0.1, 0.15) is 5.75 Å². The normalized spacial score (nSPS) is 16.0. The van der Waals surface area contributed by atoms with Gasteiger partial charge in [-0.3, -0.25) is 14.4 Å². The van der Waals surface area contributed by atoms with Crippen molar-refractivity contribution in [2.75, 3.05) is 51.0 Å². The Labute approximate surface area is 348 Å². The maximum Gasteiger partial charge on any atom is 0.259 e. The van der Waals surface area contributed by atoms with Crippen molar-refractivity contribution in [1.29, 1.82) is 0 Å². The second kappa shape index (κ2) is 17.2. The molecule has 0 aliphatic carbocycles. The number of fused-ring (bicyclic) bond motifs is 3. The van der Waals surface area contributed by atoms with E-state index in [1.165, 1.54) is 5.56 Å². The van der Waals surface area contributed by atoms with E-state index in [9.17, 15) is 14.7 Å². The molecule has 3 amide bonds. The van der Waals surface area contributed by atoms with E-state index in [4.69, 9.17) is 0 Å². The molecule has 0 bridgehead atoms. The van der Waals surface area contributed by atoms with Crippen molar-refractivity contribution in [3.8, 4) is 17.0 Å². The molecule has 0 saturated heterocycles. The number of anilines is 2. The second-order valence-corrected chi connectivity index (χ2v) is 16.8. The van der Waals surface area contributed by atoms with E-state index in [2.05, 4.69) is 90.4 Å². The van der Waals surface area contributed by atoms with Gasteiger partial charge in [-0.25, -0.2) is 0 Å². The number of benzene rings is 4. The number of nitrogens with zero attached hydrogens (tertiary/aromatic N) is 5. The number of carbonyl (C=O) groups excluding carboxylic acids is 3. The van der Waals surface area contributed by atoms with Gasteiger partial charge in [0.15, 0.2) is 0 Å². The largest absolute Gasteiger partial charge is 0.508 e. The minimum absolute atomic E-state index is 0.000391. The van der Waals surface area contributed by atoms with Crippen LogP contribution in [-0.2, 0) is 50.1 Å². The first-order valence-electron chi connectivity index (χ1n) is 21.1. The number of rotatable bonds is 11. The second-order valence-electron chi connectivity index (χ2n) is 16.8. The average Bonchev–Trinajstić information content (AvgIpc) is 3.64. The summed E-state index contributed by atoms with van der Waals surface area (Å²) in [5.74, 6) is 0.102. The number of aromatic hydroxyl groups is 1. The highest BCUT2D eigenvalue weighted by atomic mass is 16.3. The molecular formula is C49H56N6O4. The third-order valence-corrected chi connectivity index (χ3v) is 12.5. The molecule has 1 aromatic heterocycles. The lowest BCUT2D eigenvalue weighted by atomic mass is 9.89. The van der Waals surface area contributed by atoms with Crippen LogP contribution in [0.4, 0.5) is 11.4 Å². The standard InChI is InChI=1S/C49H56N6O4/c1-33-27-35-9-5-6-10-37(35)32-55(33)49(59)43-29-38-31-53(47(57)21-14-34-12-15-39(16-13-34)50-23-26-51(2)3)25-22-36(38)28-42(43)46-30-44(45-11-7-8-24-54(45)46)48(58)52(4)40-17-19-41(56)20-18-40/h5-6,9-10,12-13,15-20,28-30,33,50,56H,7-8,11,14,21-27,31-32H2,1-4H3/t33-/m1/s1. The highest BCUT2D eigenvalue weighted by Crippen LogP contribution is 2.38. The SMILES string of the molecule is C[C@@H]1Cc2ccccc2CN1C(=O)c1cc2c(cc1-c1cc(C(=O)N(C)c3ccc(O)cc3)c3n1CCCC3)CCN(C(=O)CCc1ccc(NCCN(C)C)cc1)C2. The number of phenolic OH excluding ortho intramolecular Hbond substituents is 1. The van der Waals surface area contributed by atoms with Gasteiger partial charge in [0.05, 0.1) is 5.56 Å². The number of aromatic nitrogens is 1. The Hall–Kier alpha value is -5.87. The quantitative estimate of drug-likeness (QED) is 0.143. The lowest BCUT2D eigenvalue weighted by Crippen LogP contribution is -2.43. The van der Waals surface area contributed by atoms with Crippen LogP contribution in [0.25, 0.3) is 11.3 Å². The summed E-state index contributed by atoms with van der Waals surface area (Å²) in [6.45, 7) is 6.30. The first kappa shape index (κ1) is 39.9. The van der Waals surface area contributed by atoms with Crippen LogP contribution >= 0.6 is 0 Å². The molecule has 1 atom stereocenters. The third-order valence-electron chi connectivity index (χ3n) is 12.5. The molecule has 59 heavy (non-hydrogen) atoms. The van der Waals surface area contributed by atoms with Gasteiger partial charge in [0, 0.05) is 92.7 Å². The first-order valence-corrected chi connectivity index (χ1v) is 21.1. The zero-order valence-electron chi connectivity index (χ0n) is 34.8. The van der Waals surface area contributed by atoms with Gasteiger partial charge in [-0.05, 0) is 142 Å². The zero-order chi connectivity index (χ0) is 41.2. The van der Waals surface area contributed by atoms with Crippen molar-refractivity contribution in [3.63, 3.8) is 0 Å². The fourth-order valence-electron chi connectivity index (χ4n) is 9.00. The Balaban J connectivity index is 1.10. The van der Waals surface area contributed by atoms with Crippen LogP contribution in [-0.4, -0.2) is 88.9 Å². The molecule has 3 aliphatic rings. The fourth-order valence-corrected chi connectivity index (χ4v) is 9.00. The molecule has 10 heteroatoms. The van der Waals surface area contributed by atoms with Gasteiger partial charge in [-0.15, -0.1) is 0 Å². The molecule has 0 fully saturated rings. The van der Waals surface area contributed by atoms with Crippen LogP contribution in [0.2, 0.25) is 0 Å². The molecule has 3 aliphatic heterocycles. The first-order chi connectivity index (χ1) is 28.5. The van der Waals surface area contributed by atoms with Crippen LogP contribution in [0.5, 0.6) is 5.75 Å². The van der Waals surface area contributed by atoms with Gasteiger partial charge in [0.2, 0.25) is 5.91 Å². The number of likely N-dealkylation sites (N-methyl/N-ethyl adjacent to an activating group) is 1. The van der Waals surface area contributed by atoms with Gasteiger partial charge in [-0.1, -0.05) is 36.4 Å². The number of carbonyl (C=O) groups is 3. The monoisotopic (exact) mass is 792 g/mol. The Kier molecular flexibility index (Phi) is 11.6. The maximum absolute atomic E-state index is 15.1. The molecule has 306 valence electrons. The van der Waals surface area contributed by atoms with E-state index in [0.717, 1.165) is 90.2 Å². The van der Waals surface area contributed by atoms with Crippen molar-refractivity contribution < 1.29 is 19.5 Å². The fraction of sp³-hybridized carbons (Fsp3) is 0.367. The highest BCUT2D eigenvalue weighted by Gasteiger charge is 2.33. The number of phenols is 1. The summed E-state index contributed by atoms with van der Waals surface area (Å²) < 4.78 is 2.26. The molecule has 10 nitrogen and oxygen atoms in total. The summed E-state index contributed by atoms with van der Waals surface area (Å²) in [5.41, 5.74) is 11.4. The number of amides is 3. The van der Waals surface area contributed by atoms with E-state index in [1.54, 1.807) is 36.2 Å². The van der Waals surface area contributed by atoms with Gasteiger partial charge < -0.3 is 34.6 Å². The van der Waals surface area contributed by atoms with Crippen molar-refractivity contribution in [2.24, 2.45) is 0 Å². The molecule has 5 aromatic rings. The molecule has 4 heterocycles. The van der Waals surface area contributed by atoms with E-state index >= 15 is 4.79 Å². The van der Waals surface area contributed by atoms with Crippen LogP contribution in [0.1, 0.15) is 80.4 Å². The molecule has 0 radical (unpaired) electrons. The van der Waals surface area contributed by atoms with E-state index < -0.39 is 0 Å². The highest BCUT2D eigenvalue weighted by molar-refractivity contribution is 6.08. The summed E-state index contributed by atoms with van der Waals surface area (Å²) in [6, 6.07) is 29.6. The maximum atomic E-state index is 15.1. The number of nitrogens with one attached hydrogen (secondary N) is 1. The van der Waals surface area contributed by atoms with Crippen LogP contribution in [0, 0.1) is 0 Å². The topological polar surface area (TPSA) is 101 Å². The molecule has 2 N–H and O–H groups in total. The van der Waals surface area contributed by atoms with E-state index in [0.29, 0.717) is 55.7 Å². The van der Waals surface area contributed by atoms with Gasteiger partial charge in [0.25, 0.3) is 11.8 Å². The van der Waals surface area contributed by atoms with Gasteiger partial charge >= 0.3 is 0 Å². The predicted octanol–water partition coefficient (Wildman–Crippen LogP) is 7.55. The Bertz CT molecular complexity index is 2350. The number of aryl methyl sites for hydroxylation is 1. The molecule has 0 unspecified atom stereocenters. The third kappa shape index (κ3) is 8.50. The average molecular weight is 793 g/mol. The predicted molar refractivity (Wildman–Crippen MR) is 234 cm³/mol. The van der Waals surface area contributed by atoms with Crippen molar-refractivity contribution in [3.05, 3.63) is 136 Å². The van der Waals surface area contributed by atoms with Crippen molar-refractivity contribution in [1.82, 2.24) is 19.3 Å². The summed E-state index contributed by atoms with van der Waals surface area (Å²) in [7, 11) is 5.88. The van der Waals surface area contributed by atoms with Crippen LogP contribution in [0.15, 0.2) is 91.0 Å². The lowest BCUT2D eigenvalue weighted by Gasteiger charge is -2.36. The smallest absolute Gasteiger partial charge is 0.259 e. The molecule has 8 rings (SSSR count). The summed E-state index contributed by atoms with van der Waals surface area (Å²) in [6.07, 6.45) is 5.29. The Morgan fingerprint density at radius 2 is 1.56 bits per heavy atom. The minimum atomic E-state index is -0.124. The Morgan fingerprint density at radius 1 is 0.797 bits per heavy atom. The van der Waals surface area contributed by atoms with Crippen LogP contribution < -0.4 is 10.2 Å². The molecular weight excluding hydrogens is 737 g/mol. The van der Waals surface area contributed by atoms with E-state index in [1.807, 2.05) is 21.9 Å². The minimum Gasteiger partial charge on any atom is -0.508 e. The molecule has 4 aromatic carbocycles. The van der Waals surface area contributed by atoms with Gasteiger partial charge in [-0.2, -0.15) is 0 Å². The van der Waals surface area contributed by atoms with E-state index in [-0.39, 0.29) is 29.5 Å². The molecule has 0 spiro atoms. The molecule has 0 saturated carbocycles. The van der Waals surface area contributed by atoms with Crippen molar-refractivity contribution in [2.45, 2.75) is 77.5 Å². The van der Waals surface area contributed by atoms with Crippen molar-refractivity contribution >= 4 is 29.1 Å². The summed E-state index contributed by atoms with van der Waals surface area (Å²) in [4.78, 5) is 50.8. The Morgan fingerprint density at radius 3 is 2.32 bits per heavy atom. The number of hydrogen-bond acceptors (Lipinski definition) is 6. The summed E-state index contributed by atoms with van der Waals surface area (Å²) in [5, 5.41) is 13.3. The zero-order valence-corrected chi connectivity index (χ0v) is 34.8. The van der Waals surface area contributed by atoms with Crippen LogP contribution in [0.3, 0.4) is 0 Å². The number of hydrogen-bond donors (Lipinski definition) is 2. The lowest BCUT2D eigenvalue weighted by molar-refractivity contribution is -0.132.